The predicted molar refractivity (Wildman–Crippen MR) is 90.6 cm³/mol. The number of hydrogen-bond acceptors (Lipinski definition) is 6. The van der Waals surface area contributed by atoms with Crippen LogP contribution in [0.3, 0.4) is 0 Å². The summed E-state index contributed by atoms with van der Waals surface area (Å²) in [7, 11) is 1.62. The maximum absolute atomic E-state index is 12.2. The lowest BCUT2D eigenvalue weighted by molar-refractivity contribution is -0.131. The number of carbonyl (C=O) groups is 3. The van der Waals surface area contributed by atoms with Crippen molar-refractivity contribution in [1.29, 1.82) is 0 Å². The van der Waals surface area contributed by atoms with Gasteiger partial charge >= 0.3 is 6.03 Å². The summed E-state index contributed by atoms with van der Waals surface area (Å²) in [6, 6.07) is 6.52. The fourth-order valence-electron chi connectivity index (χ4n) is 2.63. The number of rotatable bonds is 6. The second kappa shape index (κ2) is 7.34. The molecule has 1 aromatic heterocycles. The highest BCUT2D eigenvalue weighted by Crippen LogP contribution is 2.17. The van der Waals surface area contributed by atoms with Crippen LogP contribution in [0, 0.1) is 6.92 Å². The largest absolute Gasteiger partial charge is 0.337 e. The fraction of sp³-hybridized carbons (Fsp3) is 0.353. The summed E-state index contributed by atoms with van der Waals surface area (Å²) >= 11 is 0. The average molecular weight is 357 g/mol. The second-order valence-corrected chi connectivity index (χ2v) is 6.18. The molecule has 0 radical (unpaired) electrons. The third-order valence-electron chi connectivity index (χ3n) is 4.05. The first-order valence-electron chi connectivity index (χ1n) is 8.17. The van der Waals surface area contributed by atoms with Crippen LogP contribution in [-0.2, 0) is 16.1 Å². The minimum absolute atomic E-state index is 0.119. The highest BCUT2D eigenvalue weighted by molar-refractivity contribution is 6.04. The highest BCUT2D eigenvalue weighted by atomic mass is 16.5. The Morgan fingerprint density at radius 3 is 2.85 bits per heavy atom. The molecule has 0 spiro atoms. The topological polar surface area (TPSA) is 117 Å². The lowest BCUT2D eigenvalue weighted by Gasteiger charge is -2.15. The maximum atomic E-state index is 12.2. The number of aryl methyl sites for hydroxylation is 1. The van der Waals surface area contributed by atoms with Crippen LogP contribution in [0.5, 0.6) is 0 Å². The summed E-state index contributed by atoms with van der Waals surface area (Å²) < 4.78 is 5.21. The van der Waals surface area contributed by atoms with E-state index in [9.17, 15) is 14.4 Å². The normalized spacial score (nSPS) is 16.3. The number of nitrogens with zero attached hydrogens (tertiary/aromatic N) is 3. The van der Waals surface area contributed by atoms with Gasteiger partial charge in [0.25, 0.3) is 5.91 Å². The van der Waals surface area contributed by atoms with E-state index in [4.69, 9.17) is 4.52 Å². The van der Waals surface area contributed by atoms with Crippen LogP contribution in [0.1, 0.15) is 24.3 Å². The lowest BCUT2D eigenvalue weighted by Crippen LogP contribution is -2.32. The Bertz CT molecular complexity index is 847. The molecule has 0 bridgehead atoms. The first-order valence-corrected chi connectivity index (χ1v) is 8.17. The number of carbonyl (C=O) groups excluding carboxylic acids is 3. The molecule has 0 unspecified atom stereocenters. The SMILES string of the molecule is Cc1cccc(-c2noc(CN(C)C(=O)CC[C@H]3NC(=O)NC3=O)n2)c1. The summed E-state index contributed by atoms with van der Waals surface area (Å²) in [5.41, 5.74) is 1.93. The molecule has 1 fully saturated rings. The van der Waals surface area contributed by atoms with Crippen molar-refractivity contribution in [2.24, 2.45) is 0 Å². The van der Waals surface area contributed by atoms with Crippen LogP contribution >= 0.6 is 0 Å². The Labute approximate surface area is 149 Å². The number of imide groups is 1. The van der Waals surface area contributed by atoms with Gasteiger partial charge in [0.05, 0.1) is 6.54 Å². The van der Waals surface area contributed by atoms with Crippen molar-refractivity contribution in [3.8, 4) is 11.4 Å². The molecule has 4 amide bonds. The van der Waals surface area contributed by atoms with Gasteiger partial charge in [0.15, 0.2) is 0 Å². The lowest BCUT2D eigenvalue weighted by atomic mass is 10.1. The van der Waals surface area contributed by atoms with E-state index in [1.54, 1.807) is 7.05 Å². The number of nitrogens with one attached hydrogen (secondary N) is 2. The first-order chi connectivity index (χ1) is 12.4. The molecule has 3 rings (SSSR count). The highest BCUT2D eigenvalue weighted by Gasteiger charge is 2.30. The molecule has 1 aromatic carbocycles. The second-order valence-electron chi connectivity index (χ2n) is 6.18. The zero-order chi connectivity index (χ0) is 18.7. The van der Waals surface area contributed by atoms with Crippen molar-refractivity contribution in [3.05, 3.63) is 35.7 Å². The quantitative estimate of drug-likeness (QED) is 0.745. The molecule has 1 aliphatic rings. The third kappa shape index (κ3) is 4.05. The number of amides is 4. The number of aromatic nitrogens is 2. The Balaban J connectivity index is 1.54. The molecule has 1 aliphatic heterocycles. The molecular formula is C17H19N5O4. The van der Waals surface area contributed by atoms with Crippen molar-refractivity contribution in [2.45, 2.75) is 32.4 Å². The monoisotopic (exact) mass is 357 g/mol. The fourth-order valence-corrected chi connectivity index (χ4v) is 2.63. The standard InChI is InChI=1S/C17H19N5O4/c1-10-4-3-5-11(8-10)15-19-13(26-21-15)9-22(2)14(23)7-6-12-16(24)20-17(25)18-12/h3-5,8,12H,6-7,9H2,1-2H3,(H2,18,20,24,25)/t12-/m1/s1. The number of benzene rings is 1. The van der Waals surface area contributed by atoms with E-state index < -0.39 is 18.0 Å². The van der Waals surface area contributed by atoms with Gasteiger partial charge < -0.3 is 14.7 Å². The van der Waals surface area contributed by atoms with Crippen LogP contribution in [0.15, 0.2) is 28.8 Å². The van der Waals surface area contributed by atoms with Gasteiger partial charge in [0, 0.05) is 19.0 Å². The summed E-state index contributed by atoms with van der Waals surface area (Å²) in [5.74, 6) is 0.193. The van der Waals surface area contributed by atoms with Crippen LogP contribution in [0.2, 0.25) is 0 Å². The first kappa shape index (κ1) is 17.6. The van der Waals surface area contributed by atoms with Gasteiger partial charge in [-0.05, 0) is 19.4 Å². The van der Waals surface area contributed by atoms with Gasteiger partial charge in [0.1, 0.15) is 6.04 Å². The predicted octanol–water partition coefficient (Wildman–Crippen LogP) is 0.992. The molecule has 2 N–H and O–H groups in total. The zero-order valence-electron chi connectivity index (χ0n) is 14.5. The van der Waals surface area contributed by atoms with Crippen molar-refractivity contribution in [2.75, 3.05) is 7.05 Å². The van der Waals surface area contributed by atoms with Crippen molar-refractivity contribution >= 4 is 17.8 Å². The van der Waals surface area contributed by atoms with Crippen LogP contribution < -0.4 is 10.6 Å². The molecule has 0 saturated carbocycles. The minimum Gasteiger partial charge on any atom is -0.337 e. The van der Waals surface area contributed by atoms with E-state index in [1.807, 2.05) is 31.2 Å². The number of urea groups is 1. The van der Waals surface area contributed by atoms with E-state index >= 15 is 0 Å². The van der Waals surface area contributed by atoms with Gasteiger partial charge in [-0.15, -0.1) is 0 Å². The summed E-state index contributed by atoms with van der Waals surface area (Å²) in [6.07, 6.45) is 0.354. The Morgan fingerprint density at radius 2 is 2.15 bits per heavy atom. The minimum atomic E-state index is -0.670. The number of hydrogen-bond donors (Lipinski definition) is 2. The zero-order valence-corrected chi connectivity index (χ0v) is 14.5. The van der Waals surface area contributed by atoms with Gasteiger partial charge in [-0.2, -0.15) is 4.98 Å². The third-order valence-corrected chi connectivity index (χ3v) is 4.05. The van der Waals surface area contributed by atoms with Crippen molar-refractivity contribution < 1.29 is 18.9 Å². The van der Waals surface area contributed by atoms with Gasteiger partial charge in [0.2, 0.25) is 17.6 Å². The molecule has 0 aliphatic carbocycles. The van der Waals surface area contributed by atoms with E-state index in [0.29, 0.717) is 11.7 Å². The smallest absolute Gasteiger partial charge is 0.322 e. The van der Waals surface area contributed by atoms with Crippen molar-refractivity contribution in [3.63, 3.8) is 0 Å². The average Bonchev–Trinajstić information content (AvgIpc) is 3.18. The van der Waals surface area contributed by atoms with Crippen LogP contribution in [0.25, 0.3) is 11.4 Å². The van der Waals surface area contributed by atoms with Gasteiger partial charge in [-0.1, -0.05) is 28.9 Å². The molecular weight excluding hydrogens is 338 g/mol. The van der Waals surface area contributed by atoms with E-state index in [1.165, 1.54) is 4.90 Å². The Hall–Kier alpha value is -3.23. The summed E-state index contributed by atoms with van der Waals surface area (Å²) in [4.78, 5) is 40.5. The summed E-state index contributed by atoms with van der Waals surface area (Å²) in [6.45, 7) is 2.14. The molecule has 136 valence electrons. The molecule has 2 heterocycles. The summed E-state index contributed by atoms with van der Waals surface area (Å²) in [5, 5.41) is 8.54. The Kier molecular flexibility index (Phi) is 4.97. The van der Waals surface area contributed by atoms with Crippen LogP contribution in [-0.4, -0.2) is 46.0 Å². The van der Waals surface area contributed by atoms with E-state index in [-0.39, 0.29) is 25.3 Å². The van der Waals surface area contributed by atoms with Crippen molar-refractivity contribution in [1.82, 2.24) is 25.7 Å². The van der Waals surface area contributed by atoms with E-state index in [0.717, 1.165) is 11.1 Å². The van der Waals surface area contributed by atoms with Crippen LogP contribution in [0.4, 0.5) is 4.79 Å². The maximum Gasteiger partial charge on any atom is 0.322 e. The van der Waals surface area contributed by atoms with Gasteiger partial charge in [-0.3, -0.25) is 14.9 Å². The molecule has 9 nitrogen and oxygen atoms in total. The molecule has 2 aromatic rings. The van der Waals surface area contributed by atoms with E-state index in [2.05, 4.69) is 20.8 Å². The van der Waals surface area contributed by atoms with Gasteiger partial charge in [-0.25, -0.2) is 4.79 Å². The molecule has 26 heavy (non-hydrogen) atoms. The molecule has 9 heteroatoms. The Morgan fingerprint density at radius 1 is 1.35 bits per heavy atom. The molecule has 1 saturated heterocycles. The molecule has 1 atom stereocenters.